The summed E-state index contributed by atoms with van der Waals surface area (Å²) in [4.78, 5) is 8.82. The van der Waals surface area contributed by atoms with Crippen molar-refractivity contribution in [2.75, 3.05) is 7.11 Å². The molecule has 1 N–H and O–H groups in total. The van der Waals surface area contributed by atoms with Crippen LogP contribution in [0.25, 0.3) is 0 Å². The van der Waals surface area contributed by atoms with Gasteiger partial charge in [-0.3, -0.25) is 4.52 Å². The summed E-state index contributed by atoms with van der Waals surface area (Å²) in [5.41, 5.74) is 0. The lowest BCUT2D eigenvalue weighted by atomic mass is 10.8. The topological polar surface area (TPSA) is 38.7 Å². The maximum atomic E-state index is 12.3. The van der Waals surface area contributed by atoms with Crippen LogP contribution >= 0.6 is 18.3 Å². The predicted molar refractivity (Wildman–Crippen MR) is 40.0 cm³/mol. The Morgan fingerprint density at radius 2 is 2.20 bits per heavy atom. The van der Waals surface area contributed by atoms with Gasteiger partial charge in [0, 0.05) is 14.0 Å². The molecule has 7 heteroatoms. The van der Waals surface area contributed by atoms with E-state index in [9.17, 15) is 4.39 Å². The number of hydrogen-bond acceptors (Lipinski definition) is 3. The molecule has 0 rings (SSSR count). The van der Waals surface area contributed by atoms with Crippen LogP contribution in [0.15, 0.2) is 0 Å². The van der Waals surface area contributed by atoms with Crippen molar-refractivity contribution in [2.45, 2.75) is 12.2 Å². The number of rotatable bonds is 3. The van der Waals surface area contributed by atoms with E-state index in [1.54, 1.807) is 0 Å². The summed E-state index contributed by atoms with van der Waals surface area (Å²) in [5.74, 6) is 0. The minimum absolute atomic E-state index is 0.908. The van der Waals surface area contributed by atoms with Gasteiger partial charge < -0.3 is 9.42 Å². The van der Waals surface area contributed by atoms with E-state index >= 15 is 0 Å². The van der Waals surface area contributed by atoms with Gasteiger partial charge in [-0.1, -0.05) is 11.6 Å². The molecule has 0 amide bonds. The van der Waals surface area contributed by atoms with E-state index in [0.717, 1.165) is 14.0 Å². The van der Waals surface area contributed by atoms with Crippen molar-refractivity contribution in [1.29, 1.82) is 0 Å². The SMILES string of the molecule is COP(O)(=S)OC(C)(F)Cl. The Kier molecular flexibility index (Phi) is 3.69. The highest BCUT2D eigenvalue weighted by molar-refractivity contribution is 8.07. The summed E-state index contributed by atoms with van der Waals surface area (Å²) < 4.78 is 20.7. The fourth-order valence-electron chi connectivity index (χ4n) is 0.240. The molecule has 0 aliphatic rings. The highest BCUT2D eigenvalue weighted by Crippen LogP contribution is 2.48. The van der Waals surface area contributed by atoms with Crippen molar-refractivity contribution in [2.24, 2.45) is 0 Å². The molecule has 2 unspecified atom stereocenters. The summed E-state index contributed by atoms with van der Waals surface area (Å²) in [5, 5.41) is -2.47. The summed E-state index contributed by atoms with van der Waals surface area (Å²) in [6.07, 6.45) is 0. The van der Waals surface area contributed by atoms with Crippen molar-refractivity contribution < 1.29 is 18.3 Å². The van der Waals surface area contributed by atoms with E-state index in [4.69, 9.17) is 16.5 Å². The Balaban J connectivity index is 4.03. The summed E-state index contributed by atoms with van der Waals surface area (Å²) >= 11 is 9.22. The Bertz CT molecular complexity index is 158. The van der Waals surface area contributed by atoms with E-state index in [0.29, 0.717) is 0 Å². The summed E-state index contributed by atoms with van der Waals surface area (Å²) in [7, 11) is 1.11. The second-order valence-electron chi connectivity index (χ2n) is 1.55. The lowest BCUT2D eigenvalue weighted by Gasteiger charge is -2.18. The van der Waals surface area contributed by atoms with Gasteiger partial charge in [0.1, 0.15) is 0 Å². The fraction of sp³-hybridized carbons (Fsp3) is 1.00. The van der Waals surface area contributed by atoms with Crippen LogP contribution in [0.1, 0.15) is 6.92 Å². The molecule has 0 aliphatic heterocycles. The molecular weight excluding hydrogens is 202 g/mol. The van der Waals surface area contributed by atoms with Gasteiger partial charge in [-0.15, -0.1) is 0 Å². The van der Waals surface area contributed by atoms with Gasteiger partial charge in [-0.2, -0.15) is 4.39 Å². The largest absolute Gasteiger partial charge is 0.327 e. The minimum Gasteiger partial charge on any atom is -0.324 e. The molecule has 0 aromatic carbocycles. The molecule has 0 fully saturated rings. The molecule has 0 saturated carbocycles. The summed E-state index contributed by atoms with van der Waals surface area (Å²) in [6, 6.07) is 0. The van der Waals surface area contributed by atoms with E-state index in [1.807, 2.05) is 0 Å². The van der Waals surface area contributed by atoms with Crippen molar-refractivity contribution in [1.82, 2.24) is 0 Å². The second kappa shape index (κ2) is 3.43. The maximum absolute atomic E-state index is 12.3. The third kappa shape index (κ3) is 5.53. The first kappa shape index (κ1) is 10.8. The van der Waals surface area contributed by atoms with Crippen LogP contribution in [0.2, 0.25) is 0 Å². The van der Waals surface area contributed by atoms with Gasteiger partial charge in [0.05, 0.1) is 0 Å². The van der Waals surface area contributed by atoms with Crippen LogP contribution in [-0.4, -0.2) is 17.3 Å². The average molecular weight is 209 g/mol. The van der Waals surface area contributed by atoms with Gasteiger partial charge in [-0.25, -0.2) is 0 Å². The van der Waals surface area contributed by atoms with Gasteiger partial charge in [0.25, 0.3) is 5.31 Å². The Hall–Kier alpha value is 0.750. The first-order valence-electron chi connectivity index (χ1n) is 2.24. The quantitative estimate of drug-likeness (QED) is 0.567. The standard InChI is InChI=1S/C3H7ClFO3PS/c1-3(4,5)8-9(6,10)7-2/h1-2H3,(H,6,10). The number of alkyl halides is 2. The van der Waals surface area contributed by atoms with Gasteiger partial charge in [0.15, 0.2) is 0 Å². The number of hydrogen-bond donors (Lipinski definition) is 1. The van der Waals surface area contributed by atoms with Gasteiger partial charge in [0.2, 0.25) is 0 Å². The molecule has 0 radical (unpaired) electrons. The van der Waals surface area contributed by atoms with Crippen molar-refractivity contribution >= 4 is 30.1 Å². The van der Waals surface area contributed by atoms with Crippen molar-refractivity contribution in [3.05, 3.63) is 0 Å². The zero-order valence-electron chi connectivity index (χ0n) is 5.38. The van der Waals surface area contributed by atoms with Crippen LogP contribution in [-0.2, 0) is 20.9 Å². The van der Waals surface area contributed by atoms with Gasteiger partial charge in [-0.05, 0) is 11.8 Å². The molecule has 0 aromatic rings. The average Bonchev–Trinajstić information content (AvgIpc) is 1.60. The lowest BCUT2D eigenvalue weighted by molar-refractivity contribution is 0.0230. The molecule has 3 nitrogen and oxygen atoms in total. The zero-order chi connectivity index (χ0) is 8.41. The van der Waals surface area contributed by atoms with Crippen LogP contribution in [0.3, 0.4) is 0 Å². The third-order valence-corrected chi connectivity index (χ3v) is 2.40. The normalized spacial score (nSPS) is 23.3. The Morgan fingerprint density at radius 3 is 2.30 bits per heavy atom. The van der Waals surface area contributed by atoms with E-state index in [2.05, 4.69) is 20.9 Å². The zero-order valence-corrected chi connectivity index (χ0v) is 7.84. The second-order valence-corrected chi connectivity index (χ2v) is 5.09. The highest BCUT2D eigenvalue weighted by atomic mass is 35.5. The van der Waals surface area contributed by atoms with Crippen LogP contribution in [0.5, 0.6) is 0 Å². The molecule has 0 spiro atoms. The molecule has 2 atom stereocenters. The van der Waals surface area contributed by atoms with Crippen molar-refractivity contribution in [3.8, 4) is 0 Å². The third-order valence-electron chi connectivity index (χ3n) is 0.506. The first-order valence-corrected chi connectivity index (χ1v) is 5.21. The molecule has 0 aliphatic carbocycles. The monoisotopic (exact) mass is 208 g/mol. The fourth-order valence-corrected chi connectivity index (χ4v) is 1.54. The lowest BCUT2D eigenvalue weighted by Crippen LogP contribution is -2.11. The van der Waals surface area contributed by atoms with Crippen molar-refractivity contribution in [3.63, 3.8) is 0 Å². The molecule has 10 heavy (non-hydrogen) atoms. The molecular formula is C3H7ClFO3PS. The van der Waals surface area contributed by atoms with E-state index in [1.165, 1.54) is 0 Å². The molecule has 0 aromatic heterocycles. The highest BCUT2D eigenvalue weighted by Gasteiger charge is 2.28. The molecule has 0 bridgehead atoms. The molecule has 62 valence electrons. The maximum Gasteiger partial charge on any atom is 0.327 e. The van der Waals surface area contributed by atoms with E-state index < -0.39 is 12.0 Å². The van der Waals surface area contributed by atoms with Crippen LogP contribution in [0, 0.1) is 0 Å². The predicted octanol–water partition coefficient (Wildman–Crippen LogP) is 1.75. The van der Waals surface area contributed by atoms with Crippen LogP contribution < -0.4 is 0 Å². The smallest absolute Gasteiger partial charge is 0.324 e. The molecule has 0 heterocycles. The van der Waals surface area contributed by atoms with E-state index in [-0.39, 0.29) is 0 Å². The number of halogens is 2. The van der Waals surface area contributed by atoms with Crippen LogP contribution in [0.4, 0.5) is 4.39 Å². The molecule has 0 saturated heterocycles. The first-order chi connectivity index (χ1) is 4.27. The van der Waals surface area contributed by atoms with Gasteiger partial charge >= 0.3 is 6.72 Å². The Labute approximate surface area is 68.3 Å². The minimum atomic E-state index is -3.47. The summed E-state index contributed by atoms with van der Waals surface area (Å²) in [6.45, 7) is -2.56. The Morgan fingerprint density at radius 1 is 1.80 bits per heavy atom.